The Kier molecular flexibility index (Phi) is 4.62. The number of Topliss-reactive ketones (excluding diaryl/α,β-unsaturated/α-hetero) is 1. The van der Waals surface area contributed by atoms with Crippen LogP contribution < -0.4 is 0 Å². The quantitative estimate of drug-likeness (QED) is 0.379. The standard InChI is InChI=1S/C11H7F3O5/c12-6-1-5(2-7(13)11(6)14)8(15)4-19-10(18)3-9(16)17/h1-2H,3-4H2,(H,16,17). The molecule has 0 unspecified atom stereocenters. The van der Waals surface area contributed by atoms with Gasteiger partial charge in [-0.2, -0.15) is 0 Å². The van der Waals surface area contributed by atoms with Crippen molar-refractivity contribution in [1.82, 2.24) is 0 Å². The Morgan fingerprint density at radius 2 is 1.63 bits per heavy atom. The second-order valence-corrected chi connectivity index (χ2v) is 3.41. The lowest BCUT2D eigenvalue weighted by molar-refractivity contribution is -0.150. The molecule has 0 bridgehead atoms. The molecule has 1 aromatic carbocycles. The van der Waals surface area contributed by atoms with E-state index in [2.05, 4.69) is 4.74 Å². The van der Waals surface area contributed by atoms with Crippen molar-refractivity contribution in [2.75, 3.05) is 6.61 Å². The first-order valence-corrected chi connectivity index (χ1v) is 4.86. The van der Waals surface area contributed by atoms with Gasteiger partial charge in [-0.3, -0.25) is 14.4 Å². The van der Waals surface area contributed by atoms with Crippen LogP contribution in [0.3, 0.4) is 0 Å². The first-order chi connectivity index (χ1) is 8.81. The summed E-state index contributed by atoms with van der Waals surface area (Å²) >= 11 is 0. The summed E-state index contributed by atoms with van der Waals surface area (Å²) in [5.74, 6) is -8.45. The smallest absolute Gasteiger partial charge is 0.317 e. The van der Waals surface area contributed by atoms with Crippen molar-refractivity contribution in [3.63, 3.8) is 0 Å². The van der Waals surface area contributed by atoms with Crippen molar-refractivity contribution in [1.29, 1.82) is 0 Å². The van der Waals surface area contributed by atoms with Gasteiger partial charge < -0.3 is 9.84 Å². The molecule has 0 fully saturated rings. The number of ether oxygens (including phenoxy) is 1. The van der Waals surface area contributed by atoms with E-state index in [0.29, 0.717) is 12.1 Å². The van der Waals surface area contributed by atoms with E-state index in [1.165, 1.54) is 0 Å². The fourth-order valence-electron chi connectivity index (χ4n) is 1.12. The molecule has 0 aliphatic carbocycles. The number of hydrogen-bond donors (Lipinski definition) is 1. The predicted molar refractivity (Wildman–Crippen MR) is 53.9 cm³/mol. The Balaban J connectivity index is 2.69. The molecule has 5 nitrogen and oxygen atoms in total. The van der Waals surface area contributed by atoms with Crippen LogP contribution in [0.5, 0.6) is 0 Å². The molecular formula is C11H7F3O5. The highest BCUT2D eigenvalue weighted by Gasteiger charge is 2.17. The summed E-state index contributed by atoms with van der Waals surface area (Å²) in [6.07, 6.45) is -0.945. The van der Waals surface area contributed by atoms with E-state index < -0.39 is 53.8 Å². The van der Waals surface area contributed by atoms with E-state index in [0.717, 1.165) is 0 Å². The van der Waals surface area contributed by atoms with Gasteiger partial charge in [-0.1, -0.05) is 0 Å². The highest BCUT2D eigenvalue weighted by Crippen LogP contribution is 2.14. The van der Waals surface area contributed by atoms with Crippen LogP contribution in [0.4, 0.5) is 13.2 Å². The fourth-order valence-corrected chi connectivity index (χ4v) is 1.12. The lowest BCUT2D eigenvalue weighted by Crippen LogP contribution is -2.17. The number of ketones is 1. The molecule has 0 atom stereocenters. The van der Waals surface area contributed by atoms with Crippen molar-refractivity contribution in [3.05, 3.63) is 35.1 Å². The van der Waals surface area contributed by atoms with Gasteiger partial charge in [-0.25, -0.2) is 13.2 Å². The number of carboxylic acid groups (broad SMARTS) is 1. The van der Waals surface area contributed by atoms with Gasteiger partial charge in [0.15, 0.2) is 24.1 Å². The third-order valence-electron chi connectivity index (χ3n) is 1.97. The topological polar surface area (TPSA) is 80.7 Å². The summed E-state index contributed by atoms with van der Waals surface area (Å²) in [4.78, 5) is 32.3. The zero-order chi connectivity index (χ0) is 14.6. The largest absolute Gasteiger partial charge is 0.481 e. The maximum Gasteiger partial charge on any atom is 0.317 e. The summed E-state index contributed by atoms with van der Waals surface area (Å²) in [5, 5.41) is 8.24. The third-order valence-corrected chi connectivity index (χ3v) is 1.97. The Bertz CT molecular complexity index is 518. The van der Waals surface area contributed by atoms with E-state index in [1.807, 2.05) is 0 Å². The Morgan fingerprint density at radius 3 is 2.11 bits per heavy atom. The number of esters is 1. The SMILES string of the molecule is O=C(O)CC(=O)OCC(=O)c1cc(F)c(F)c(F)c1. The number of carbonyl (C=O) groups excluding carboxylic acids is 2. The monoisotopic (exact) mass is 276 g/mol. The van der Waals surface area contributed by atoms with Crippen LogP contribution >= 0.6 is 0 Å². The van der Waals surface area contributed by atoms with Crippen LogP contribution in [0.2, 0.25) is 0 Å². The average molecular weight is 276 g/mol. The molecule has 0 aromatic heterocycles. The minimum Gasteiger partial charge on any atom is -0.481 e. The summed E-state index contributed by atoms with van der Waals surface area (Å²) in [6.45, 7) is -0.892. The Morgan fingerprint density at radius 1 is 1.11 bits per heavy atom. The summed E-state index contributed by atoms with van der Waals surface area (Å²) in [5.41, 5.74) is -0.528. The zero-order valence-electron chi connectivity index (χ0n) is 9.28. The number of halogens is 3. The van der Waals surface area contributed by atoms with Gasteiger partial charge in [0.05, 0.1) is 0 Å². The molecule has 0 amide bonds. The van der Waals surface area contributed by atoms with Crippen LogP contribution in [0.15, 0.2) is 12.1 Å². The van der Waals surface area contributed by atoms with Gasteiger partial charge in [0.25, 0.3) is 0 Å². The first-order valence-electron chi connectivity index (χ1n) is 4.86. The van der Waals surface area contributed by atoms with Crippen molar-refractivity contribution in [2.45, 2.75) is 6.42 Å². The molecule has 0 spiro atoms. The second kappa shape index (κ2) is 5.98. The number of benzene rings is 1. The van der Waals surface area contributed by atoms with E-state index in [1.54, 1.807) is 0 Å². The zero-order valence-corrected chi connectivity index (χ0v) is 9.28. The van der Waals surface area contributed by atoms with Crippen LogP contribution in [-0.2, 0) is 14.3 Å². The number of rotatable bonds is 5. The summed E-state index contributed by atoms with van der Waals surface area (Å²) < 4.78 is 42.5. The van der Waals surface area contributed by atoms with Crippen LogP contribution in [-0.4, -0.2) is 29.4 Å². The third kappa shape index (κ3) is 4.09. The molecule has 0 saturated carbocycles. The molecule has 1 rings (SSSR count). The van der Waals surface area contributed by atoms with Gasteiger partial charge >= 0.3 is 11.9 Å². The highest BCUT2D eigenvalue weighted by molar-refractivity contribution is 5.98. The number of carboxylic acids is 1. The molecule has 1 aromatic rings. The molecule has 0 aliphatic heterocycles. The van der Waals surface area contributed by atoms with Gasteiger partial charge in [0, 0.05) is 5.56 Å². The van der Waals surface area contributed by atoms with Crippen molar-refractivity contribution < 1.29 is 37.4 Å². The molecule has 0 radical (unpaired) electrons. The molecule has 102 valence electrons. The van der Waals surface area contributed by atoms with E-state index in [4.69, 9.17) is 5.11 Å². The fraction of sp³-hybridized carbons (Fsp3) is 0.182. The minimum atomic E-state index is -1.72. The van der Waals surface area contributed by atoms with E-state index in [9.17, 15) is 27.6 Å². The average Bonchev–Trinajstić information content (AvgIpc) is 2.31. The highest BCUT2D eigenvalue weighted by atomic mass is 19.2. The van der Waals surface area contributed by atoms with Gasteiger partial charge in [-0.05, 0) is 12.1 Å². The normalized spacial score (nSPS) is 10.1. The molecule has 0 aliphatic rings. The Hall–Kier alpha value is -2.38. The molecule has 8 heteroatoms. The lowest BCUT2D eigenvalue weighted by Gasteiger charge is -2.04. The van der Waals surface area contributed by atoms with Crippen LogP contribution in [0.1, 0.15) is 16.8 Å². The van der Waals surface area contributed by atoms with E-state index in [-0.39, 0.29) is 0 Å². The number of aliphatic carboxylic acids is 1. The lowest BCUT2D eigenvalue weighted by atomic mass is 10.1. The van der Waals surface area contributed by atoms with E-state index >= 15 is 0 Å². The molecule has 0 heterocycles. The first kappa shape index (κ1) is 14.7. The number of carbonyl (C=O) groups is 3. The minimum absolute atomic E-state index is 0.450. The molecule has 1 N–H and O–H groups in total. The molecule has 0 saturated heterocycles. The summed E-state index contributed by atoms with van der Waals surface area (Å²) in [6, 6.07) is 0.900. The maximum atomic E-state index is 12.8. The van der Waals surface area contributed by atoms with Gasteiger partial charge in [-0.15, -0.1) is 0 Å². The second-order valence-electron chi connectivity index (χ2n) is 3.41. The van der Waals surface area contributed by atoms with Gasteiger partial charge in [0.1, 0.15) is 6.42 Å². The van der Waals surface area contributed by atoms with Gasteiger partial charge in [0.2, 0.25) is 5.78 Å². The predicted octanol–water partition coefficient (Wildman–Crippen LogP) is 1.30. The van der Waals surface area contributed by atoms with Crippen LogP contribution in [0, 0.1) is 17.5 Å². The molecular weight excluding hydrogens is 269 g/mol. The Labute approximate surface area is 104 Å². The van der Waals surface area contributed by atoms with Crippen molar-refractivity contribution in [3.8, 4) is 0 Å². The van der Waals surface area contributed by atoms with Crippen molar-refractivity contribution >= 4 is 17.7 Å². The summed E-state index contributed by atoms with van der Waals surface area (Å²) in [7, 11) is 0. The van der Waals surface area contributed by atoms with Crippen LogP contribution in [0.25, 0.3) is 0 Å². The molecule has 19 heavy (non-hydrogen) atoms. The number of hydrogen-bond acceptors (Lipinski definition) is 4. The van der Waals surface area contributed by atoms with Crippen molar-refractivity contribution in [2.24, 2.45) is 0 Å². The maximum absolute atomic E-state index is 12.8.